The molecule has 0 saturated heterocycles. The fourth-order valence-electron chi connectivity index (χ4n) is 0.716. The molecule has 11 heavy (non-hydrogen) atoms. The summed E-state index contributed by atoms with van der Waals surface area (Å²) < 4.78 is 0. The van der Waals surface area contributed by atoms with Crippen LogP contribution < -0.4 is 5.73 Å². The van der Waals surface area contributed by atoms with E-state index < -0.39 is 0 Å². The monoisotopic (exact) mass is 175 g/mol. The summed E-state index contributed by atoms with van der Waals surface area (Å²) in [5.74, 6) is 0. The van der Waals surface area contributed by atoms with E-state index in [1.807, 2.05) is 14.1 Å². The second-order valence-corrected chi connectivity index (χ2v) is 4.36. The topological polar surface area (TPSA) is 53.1 Å². The molecular weight excluding hydrogens is 158 g/mol. The summed E-state index contributed by atoms with van der Waals surface area (Å²) in [5.41, 5.74) is 5.23. The molecule has 0 amide bonds. The molecule has 1 atom stereocenters. The van der Waals surface area contributed by atoms with Crippen molar-refractivity contribution < 1.29 is 0 Å². The Morgan fingerprint density at radius 1 is 1.64 bits per heavy atom. The van der Waals surface area contributed by atoms with Crippen molar-refractivity contribution in [2.45, 2.75) is 18.6 Å². The van der Waals surface area contributed by atoms with Crippen molar-refractivity contribution in [3.8, 4) is 0 Å². The summed E-state index contributed by atoms with van der Waals surface area (Å²) in [4.78, 5) is 2.14. The molecular formula is C7H17N3S. The molecule has 0 aromatic heterocycles. The Morgan fingerprint density at radius 2 is 2.18 bits per heavy atom. The molecule has 0 aliphatic rings. The van der Waals surface area contributed by atoms with Gasteiger partial charge in [0.25, 0.3) is 0 Å². The van der Waals surface area contributed by atoms with Gasteiger partial charge in [-0.1, -0.05) is 18.7 Å². The van der Waals surface area contributed by atoms with E-state index in [0.29, 0.717) is 5.25 Å². The Balaban J connectivity index is 3.37. The molecule has 0 radical (unpaired) electrons. The fourth-order valence-corrected chi connectivity index (χ4v) is 1.37. The van der Waals surface area contributed by atoms with Gasteiger partial charge in [0.15, 0.2) is 5.17 Å². The molecule has 0 fully saturated rings. The fraction of sp³-hybridized carbons (Fsp3) is 0.857. The van der Waals surface area contributed by atoms with E-state index in [9.17, 15) is 0 Å². The second-order valence-electron chi connectivity index (χ2n) is 2.88. The quantitative estimate of drug-likeness (QED) is 0.494. The predicted molar refractivity (Wildman–Crippen MR) is 52.1 cm³/mol. The van der Waals surface area contributed by atoms with Crippen molar-refractivity contribution in [2.24, 2.45) is 5.73 Å². The van der Waals surface area contributed by atoms with E-state index in [4.69, 9.17) is 11.1 Å². The lowest BCUT2D eigenvalue weighted by Crippen LogP contribution is -2.18. The first-order chi connectivity index (χ1) is 5.02. The van der Waals surface area contributed by atoms with Crippen LogP contribution in [0.3, 0.4) is 0 Å². The number of nitrogens with two attached hydrogens (primary N) is 1. The number of rotatable bonds is 4. The van der Waals surface area contributed by atoms with Crippen LogP contribution in [0, 0.1) is 5.41 Å². The SMILES string of the molecule is CC(CCN(C)C)SC(=N)N. The largest absolute Gasteiger partial charge is 0.379 e. The highest BCUT2D eigenvalue weighted by molar-refractivity contribution is 8.14. The minimum atomic E-state index is 0.219. The van der Waals surface area contributed by atoms with Crippen LogP contribution in [0.2, 0.25) is 0 Å². The minimum Gasteiger partial charge on any atom is -0.379 e. The molecule has 0 bridgehead atoms. The second kappa shape index (κ2) is 5.43. The van der Waals surface area contributed by atoms with Crippen molar-refractivity contribution in [3.05, 3.63) is 0 Å². The first-order valence-corrected chi connectivity index (χ1v) is 4.55. The van der Waals surface area contributed by atoms with Crippen LogP contribution in [-0.2, 0) is 0 Å². The summed E-state index contributed by atoms with van der Waals surface area (Å²) in [7, 11) is 4.09. The van der Waals surface area contributed by atoms with Crippen LogP contribution in [-0.4, -0.2) is 36.0 Å². The average molecular weight is 175 g/mol. The minimum absolute atomic E-state index is 0.219. The summed E-state index contributed by atoms with van der Waals surface area (Å²) in [6, 6.07) is 0. The lowest BCUT2D eigenvalue weighted by Gasteiger charge is -2.13. The smallest absolute Gasteiger partial charge is 0.151 e. The van der Waals surface area contributed by atoms with Crippen LogP contribution in [0.4, 0.5) is 0 Å². The van der Waals surface area contributed by atoms with E-state index in [1.165, 1.54) is 11.8 Å². The van der Waals surface area contributed by atoms with Crippen LogP contribution in [0.25, 0.3) is 0 Å². The van der Waals surface area contributed by atoms with E-state index in [2.05, 4.69) is 11.8 Å². The average Bonchev–Trinajstić information content (AvgIpc) is 1.82. The zero-order chi connectivity index (χ0) is 8.85. The number of thioether (sulfide) groups is 1. The maximum atomic E-state index is 7.04. The molecule has 0 aromatic rings. The number of hydrogen-bond acceptors (Lipinski definition) is 3. The van der Waals surface area contributed by atoms with Gasteiger partial charge >= 0.3 is 0 Å². The van der Waals surface area contributed by atoms with Crippen molar-refractivity contribution in [3.63, 3.8) is 0 Å². The van der Waals surface area contributed by atoms with E-state index in [-0.39, 0.29) is 5.17 Å². The van der Waals surface area contributed by atoms with Crippen molar-refractivity contribution in [1.82, 2.24) is 4.90 Å². The lowest BCUT2D eigenvalue weighted by atomic mass is 10.3. The van der Waals surface area contributed by atoms with E-state index in [0.717, 1.165) is 13.0 Å². The van der Waals surface area contributed by atoms with Gasteiger partial charge in [0.1, 0.15) is 0 Å². The van der Waals surface area contributed by atoms with Crippen LogP contribution in [0.5, 0.6) is 0 Å². The van der Waals surface area contributed by atoms with Gasteiger partial charge in [-0.25, -0.2) is 0 Å². The van der Waals surface area contributed by atoms with E-state index >= 15 is 0 Å². The maximum Gasteiger partial charge on any atom is 0.151 e. The molecule has 1 unspecified atom stereocenters. The predicted octanol–water partition coefficient (Wildman–Crippen LogP) is 0.953. The highest BCUT2D eigenvalue weighted by Gasteiger charge is 2.04. The van der Waals surface area contributed by atoms with Gasteiger partial charge in [-0.2, -0.15) is 0 Å². The Labute approximate surface area is 72.8 Å². The standard InChI is InChI=1S/C7H17N3S/c1-6(11-7(8)9)4-5-10(2)3/h6H,4-5H2,1-3H3,(H3,8,9). The number of amidine groups is 1. The Morgan fingerprint density at radius 3 is 2.55 bits per heavy atom. The van der Waals surface area contributed by atoms with Crippen molar-refractivity contribution in [2.75, 3.05) is 20.6 Å². The van der Waals surface area contributed by atoms with Crippen LogP contribution in [0.1, 0.15) is 13.3 Å². The molecule has 4 heteroatoms. The Kier molecular flexibility index (Phi) is 5.32. The highest BCUT2D eigenvalue weighted by Crippen LogP contribution is 2.12. The van der Waals surface area contributed by atoms with Crippen LogP contribution in [0.15, 0.2) is 0 Å². The third-order valence-corrected chi connectivity index (χ3v) is 2.20. The molecule has 0 saturated carbocycles. The van der Waals surface area contributed by atoms with E-state index in [1.54, 1.807) is 0 Å². The molecule has 0 aliphatic heterocycles. The Bertz CT molecular complexity index is 125. The van der Waals surface area contributed by atoms with Gasteiger partial charge in [-0.15, -0.1) is 0 Å². The molecule has 66 valence electrons. The van der Waals surface area contributed by atoms with Crippen molar-refractivity contribution in [1.29, 1.82) is 5.41 Å². The third kappa shape index (κ3) is 7.68. The first kappa shape index (κ1) is 10.8. The molecule has 3 N–H and O–H groups in total. The highest BCUT2D eigenvalue weighted by atomic mass is 32.2. The summed E-state index contributed by atoms with van der Waals surface area (Å²) in [6.07, 6.45) is 1.08. The number of nitrogens with zero attached hydrogens (tertiary/aromatic N) is 1. The molecule has 0 rings (SSSR count). The number of hydrogen-bond donors (Lipinski definition) is 2. The summed E-state index contributed by atoms with van der Waals surface area (Å²) in [6.45, 7) is 3.15. The molecule has 0 heterocycles. The third-order valence-electron chi connectivity index (χ3n) is 1.31. The summed E-state index contributed by atoms with van der Waals surface area (Å²) in [5, 5.41) is 7.71. The van der Waals surface area contributed by atoms with Gasteiger partial charge in [0.05, 0.1) is 0 Å². The molecule has 0 spiro atoms. The zero-order valence-corrected chi connectivity index (χ0v) is 8.24. The maximum absolute atomic E-state index is 7.04. The molecule has 0 aliphatic carbocycles. The van der Waals surface area contributed by atoms with Gasteiger partial charge < -0.3 is 10.6 Å². The van der Waals surface area contributed by atoms with Crippen LogP contribution >= 0.6 is 11.8 Å². The lowest BCUT2D eigenvalue weighted by molar-refractivity contribution is 0.400. The van der Waals surface area contributed by atoms with Gasteiger partial charge in [-0.3, -0.25) is 5.41 Å². The molecule has 3 nitrogen and oxygen atoms in total. The molecule has 0 aromatic carbocycles. The number of nitrogens with one attached hydrogen (secondary N) is 1. The van der Waals surface area contributed by atoms with Gasteiger partial charge in [0.2, 0.25) is 0 Å². The Hall–Kier alpha value is -0.220. The zero-order valence-electron chi connectivity index (χ0n) is 7.42. The normalized spacial score (nSPS) is 13.5. The van der Waals surface area contributed by atoms with Crippen molar-refractivity contribution >= 4 is 16.9 Å². The first-order valence-electron chi connectivity index (χ1n) is 3.67. The van der Waals surface area contributed by atoms with Gasteiger partial charge in [-0.05, 0) is 27.1 Å². The van der Waals surface area contributed by atoms with Gasteiger partial charge in [0, 0.05) is 5.25 Å². The summed E-state index contributed by atoms with van der Waals surface area (Å²) >= 11 is 1.43.